The number of halogens is 2. The second kappa shape index (κ2) is 7.77. The van der Waals surface area contributed by atoms with Crippen molar-refractivity contribution >= 4 is 28.3 Å². The average Bonchev–Trinajstić information content (AvgIpc) is 3.28. The normalized spacial score (nSPS) is 16.7. The van der Waals surface area contributed by atoms with Crippen molar-refractivity contribution in [3.05, 3.63) is 69.2 Å². The quantitative estimate of drug-likeness (QED) is 0.500. The van der Waals surface area contributed by atoms with E-state index in [0.717, 1.165) is 31.5 Å². The summed E-state index contributed by atoms with van der Waals surface area (Å²) < 4.78 is 14.8. The molecule has 0 aliphatic carbocycles. The van der Waals surface area contributed by atoms with E-state index in [0.29, 0.717) is 23.1 Å². The molecule has 3 aromatic heterocycles. The number of rotatable bonds is 3. The molecule has 1 atom stereocenters. The molecule has 1 saturated heterocycles. The highest BCUT2D eigenvalue weighted by atomic mass is 35.5. The molecule has 1 aromatic carbocycles. The maximum atomic E-state index is 14.8. The van der Waals surface area contributed by atoms with Crippen LogP contribution in [0.5, 0.6) is 0 Å². The molecular formula is C22H20ClFN6O. The van der Waals surface area contributed by atoms with Gasteiger partial charge in [-0.3, -0.25) is 9.89 Å². The molecule has 0 spiro atoms. The molecule has 0 amide bonds. The Kier molecular flexibility index (Phi) is 4.94. The van der Waals surface area contributed by atoms with Crippen LogP contribution in [0.3, 0.4) is 0 Å². The summed E-state index contributed by atoms with van der Waals surface area (Å²) in [7, 11) is 0. The van der Waals surface area contributed by atoms with Gasteiger partial charge in [0.05, 0.1) is 22.8 Å². The monoisotopic (exact) mass is 438 g/mol. The van der Waals surface area contributed by atoms with Crippen molar-refractivity contribution in [1.82, 2.24) is 25.1 Å². The molecule has 2 N–H and O–H groups in total. The summed E-state index contributed by atoms with van der Waals surface area (Å²) in [6.07, 6.45) is 5.81. The minimum absolute atomic E-state index is 0.218. The van der Waals surface area contributed by atoms with Gasteiger partial charge in [0.2, 0.25) is 0 Å². The molecule has 9 heteroatoms. The van der Waals surface area contributed by atoms with Crippen LogP contribution in [-0.2, 0) is 0 Å². The van der Waals surface area contributed by atoms with Crippen LogP contribution in [0.15, 0.2) is 41.5 Å². The Morgan fingerprint density at radius 3 is 2.90 bits per heavy atom. The maximum absolute atomic E-state index is 14.8. The first-order chi connectivity index (χ1) is 15.0. The van der Waals surface area contributed by atoms with Crippen molar-refractivity contribution in [2.24, 2.45) is 0 Å². The third kappa shape index (κ3) is 3.67. The first-order valence-electron chi connectivity index (χ1n) is 10.1. The van der Waals surface area contributed by atoms with Crippen LogP contribution >= 0.6 is 11.6 Å². The van der Waals surface area contributed by atoms with E-state index in [4.69, 9.17) is 16.6 Å². The van der Waals surface area contributed by atoms with Crippen molar-refractivity contribution in [1.29, 1.82) is 0 Å². The Bertz CT molecular complexity index is 1320. The molecule has 1 aliphatic heterocycles. The fourth-order valence-corrected chi connectivity index (χ4v) is 4.40. The van der Waals surface area contributed by atoms with Crippen molar-refractivity contribution in [2.75, 3.05) is 18.0 Å². The summed E-state index contributed by atoms with van der Waals surface area (Å²) in [5.74, 6) is 0.942. The van der Waals surface area contributed by atoms with E-state index in [9.17, 15) is 9.18 Å². The summed E-state index contributed by atoms with van der Waals surface area (Å²) in [6, 6.07) is 6.17. The molecule has 158 valence electrons. The Morgan fingerprint density at radius 2 is 2.13 bits per heavy atom. The second-order valence-electron chi connectivity index (χ2n) is 7.82. The van der Waals surface area contributed by atoms with Gasteiger partial charge in [0, 0.05) is 41.9 Å². The van der Waals surface area contributed by atoms with E-state index in [1.54, 1.807) is 19.1 Å². The number of nitrogens with zero attached hydrogens (tertiary/aromatic N) is 4. The standard InChI is InChI=1S/C22H20ClFN6O/c1-12-27-18-8-19(30-6-2-3-13(11-30)14-9-25-26-10-14)29-21(20(18)22(31)28-12)16-5-4-15(23)7-17(16)24/h4-5,7-10,13H,2-3,6,11H2,1H3,(H,25,26)(H,27,28,31)/t13-/m1/s1. The van der Waals surface area contributed by atoms with E-state index in [1.165, 1.54) is 6.07 Å². The van der Waals surface area contributed by atoms with Crippen LogP contribution in [0.4, 0.5) is 10.2 Å². The zero-order chi connectivity index (χ0) is 21.5. The molecule has 0 bridgehead atoms. The van der Waals surface area contributed by atoms with Crippen molar-refractivity contribution in [3.63, 3.8) is 0 Å². The first kappa shape index (κ1) is 19.7. The molecule has 4 aromatic rings. The van der Waals surface area contributed by atoms with Gasteiger partial charge in [0.15, 0.2) is 0 Å². The summed E-state index contributed by atoms with van der Waals surface area (Å²) in [4.78, 5) is 26.9. The second-order valence-corrected chi connectivity index (χ2v) is 8.25. The summed E-state index contributed by atoms with van der Waals surface area (Å²) in [5, 5.41) is 7.49. The van der Waals surface area contributed by atoms with Crippen LogP contribution in [0, 0.1) is 12.7 Å². The minimum Gasteiger partial charge on any atom is -0.356 e. The van der Waals surface area contributed by atoms with Gasteiger partial charge in [-0.1, -0.05) is 11.6 Å². The number of piperidine rings is 1. The van der Waals surface area contributed by atoms with Gasteiger partial charge in [0.25, 0.3) is 5.56 Å². The van der Waals surface area contributed by atoms with Gasteiger partial charge >= 0.3 is 0 Å². The zero-order valence-corrected chi connectivity index (χ0v) is 17.6. The van der Waals surface area contributed by atoms with Gasteiger partial charge in [-0.15, -0.1) is 0 Å². The number of aromatic nitrogens is 5. The van der Waals surface area contributed by atoms with Crippen LogP contribution in [0.2, 0.25) is 5.02 Å². The number of aromatic amines is 2. The van der Waals surface area contributed by atoms with Crippen LogP contribution in [-0.4, -0.2) is 38.2 Å². The maximum Gasteiger partial charge on any atom is 0.260 e. The lowest BCUT2D eigenvalue weighted by atomic mass is 9.93. The minimum atomic E-state index is -0.534. The molecule has 0 unspecified atom stereocenters. The number of anilines is 1. The summed E-state index contributed by atoms with van der Waals surface area (Å²) in [6.45, 7) is 3.29. The molecule has 1 fully saturated rings. The molecule has 4 heterocycles. The van der Waals surface area contributed by atoms with E-state index in [-0.39, 0.29) is 27.2 Å². The number of aryl methyl sites for hydroxylation is 1. The lowest BCUT2D eigenvalue weighted by Crippen LogP contribution is -2.35. The predicted molar refractivity (Wildman–Crippen MR) is 118 cm³/mol. The van der Waals surface area contributed by atoms with Crippen LogP contribution < -0.4 is 10.5 Å². The third-order valence-electron chi connectivity index (χ3n) is 5.72. The molecule has 0 radical (unpaired) electrons. The number of hydrogen-bond donors (Lipinski definition) is 2. The van der Waals surface area contributed by atoms with Gasteiger partial charge in [0.1, 0.15) is 17.5 Å². The Morgan fingerprint density at radius 1 is 1.26 bits per heavy atom. The van der Waals surface area contributed by atoms with E-state index in [2.05, 4.69) is 25.1 Å². The highest BCUT2D eigenvalue weighted by molar-refractivity contribution is 6.30. The Hall–Kier alpha value is -3.26. The van der Waals surface area contributed by atoms with Gasteiger partial charge in [-0.25, -0.2) is 14.4 Å². The van der Waals surface area contributed by atoms with Gasteiger partial charge in [-0.05, 0) is 43.5 Å². The number of H-pyrrole nitrogens is 2. The van der Waals surface area contributed by atoms with Crippen LogP contribution in [0.25, 0.3) is 22.2 Å². The van der Waals surface area contributed by atoms with E-state index >= 15 is 0 Å². The fraction of sp³-hybridized carbons (Fsp3) is 0.273. The lowest BCUT2D eigenvalue weighted by molar-refractivity contribution is 0.507. The molecule has 0 saturated carbocycles. The Labute approximate surface area is 182 Å². The number of nitrogens with one attached hydrogen (secondary N) is 2. The largest absolute Gasteiger partial charge is 0.356 e. The highest BCUT2D eigenvalue weighted by Gasteiger charge is 2.25. The van der Waals surface area contributed by atoms with Crippen LogP contribution in [0.1, 0.15) is 30.1 Å². The SMILES string of the molecule is Cc1nc2cc(N3CCC[C@@H](c4cn[nH]c4)C3)nc(-c3ccc(Cl)cc3F)c2c(=O)[nH]1. The average molecular weight is 439 g/mol. The molecule has 1 aliphatic rings. The smallest absolute Gasteiger partial charge is 0.260 e. The predicted octanol–water partition coefficient (Wildman–Crippen LogP) is 4.19. The molecule has 31 heavy (non-hydrogen) atoms. The van der Waals surface area contributed by atoms with Crippen molar-refractivity contribution in [3.8, 4) is 11.3 Å². The van der Waals surface area contributed by atoms with Gasteiger partial charge < -0.3 is 9.88 Å². The number of pyridine rings is 1. The molecular weight excluding hydrogens is 419 g/mol. The fourth-order valence-electron chi connectivity index (χ4n) is 4.25. The number of hydrogen-bond acceptors (Lipinski definition) is 5. The van der Waals surface area contributed by atoms with E-state index < -0.39 is 5.82 Å². The molecule has 7 nitrogen and oxygen atoms in total. The first-order valence-corrected chi connectivity index (χ1v) is 10.5. The Balaban J connectivity index is 1.66. The lowest BCUT2D eigenvalue weighted by Gasteiger charge is -2.33. The number of fused-ring (bicyclic) bond motifs is 1. The van der Waals surface area contributed by atoms with E-state index in [1.807, 2.05) is 18.5 Å². The molecule has 5 rings (SSSR count). The van der Waals surface area contributed by atoms with Gasteiger partial charge in [-0.2, -0.15) is 5.10 Å². The van der Waals surface area contributed by atoms with Crippen molar-refractivity contribution < 1.29 is 4.39 Å². The summed E-state index contributed by atoms with van der Waals surface area (Å²) in [5.41, 5.74) is 1.78. The zero-order valence-electron chi connectivity index (χ0n) is 16.8. The topological polar surface area (TPSA) is 90.6 Å². The highest BCUT2D eigenvalue weighted by Crippen LogP contribution is 2.33. The number of benzene rings is 1. The van der Waals surface area contributed by atoms with Crippen molar-refractivity contribution in [2.45, 2.75) is 25.7 Å². The summed E-state index contributed by atoms with van der Waals surface area (Å²) >= 11 is 5.94. The third-order valence-corrected chi connectivity index (χ3v) is 5.95.